The van der Waals surface area contributed by atoms with E-state index < -0.39 is 12.0 Å². The number of carboxylic acid groups (broad SMARTS) is 1. The highest BCUT2D eigenvalue weighted by Gasteiger charge is 2.54. The van der Waals surface area contributed by atoms with E-state index in [2.05, 4.69) is 5.16 Å². The molecule has 2 rings (SSSR count). The van der Waals surface area contributed by atoms with E-state index in [4.69, 9.17) is 10.3 Å². The lowest BCUT2D eigenvalue weighted by atomic mass is 10.0. The molecule has 0 spiro atoms. The van der Waals surface area contributed by atoms with Crippen molar-refractivity contribution in [3.63, 3.8) is 0 Å². The molecule has 2 saturated heterocycles. The first-order valence-corrected chi connectivity index (χ1v) is 6.36. The molecule has 94 valence electrons. The van der Waals surface area contributed by atoms with Crippen molar-refractivity contribution in [1.82, 2.24) is 4.90 Å². The SMILES string of the molecule is CC(CCC1SC2CC(=O)N2C1C(=O)O)=NO. The van der Waals surface area contributed by atoms with Crippen LogP contribution in [-0.4, -0.2) is 49.5 Å². The largest absolute Gasteiger partial charge is 0.480 e. The van der Waals surface area contributed by atoms with E-state index in [-0.39, 0.29) is 16.5 Å². The average Bonchev–Trinajstić information content (AvgIpc) is 2.58. The predicted octanol–water partition coefficient (Wildman–Crippen LogP) is 0.744. The monoisotopic (exact) mass is 258 g/mol. The lowest BCUT2D eigenvalue weighted by Gasteiger charge is -2.35. The van der Waals surface area contributed by atoms with Crippen molar-refractivity contribution in [2.24, 2.45) is 5.16 Å². The Morgan fingerprint density at radius 3 is 2.88 bits per heavy atom. The molecule has 0 bridgehead atoms. The minimum absolute atomic E-state index is 0.0278. The molecule has 2 N–H and O–H groups in total. The zero-order valence-corrected chi connectivity index (χ0v) is 10.2. The number of rotatable bonds is 4. The van der Waals surface area contributed by atoms with Crippen LogP contribution in [0.25, 0.3) is 0 Å². The van der Waals surface area contributed by atoms with Crippen LogP contribution in [0.3, 0.4) is 0 Å². The van der Waals surface area contributed by atoms with E-state index in [1.54, 1.807) is 18.7 Å². The normalized spacial score (nSPS) is 32.3. The molecule has 2 aliphatic heterocycles. The van der Waals surface area contributed by atoms with Crippen LogP contribution in [0.15, 0.2) is 5.16 Å². The highest BCUT2D eigenvalue weighted by molar-refractivity contribution is 8.01. The summed E-state index contributed by atoms with van der Waals surface area (Å²) < 4.78 is 0. The van der Waals surface area contributed by atoms with Gasteiger partial charge < -0.3 is 15.2 Å². The second-order valence-corrected chi connectivity index (χ2v) is 5.71. The summed E-state index contributed by atoms with van der Waals surface area (Å²) in [6.45, 7) is 1.69. The highest BCUT2D eigenvalue weighted by Crippen LogP contribution is 2.45. The number of carbonyl (C=O) groups is 2. The van der Waals surface area contributed by atoms with Crippen LogP contribution < -0.4 is 0 Å². The number of β-lactam (4-membered cyclic amide) rings is 1. The van der Waals surface area contributed by atoms with Crippen LogP contribution >= 0.6 is 11.8 Å². The highest BCUT2D eigenvalue weighted by atomic mass is 32.2. The number of oxime groups is 1. The Bertz CT molecular complexity index is 385. The van der Waals surface area contributed by atoms with E-state index >= 15 is 0 Å². The molecule has 17 heavy (non-hydrogen) atoms. The van der Waals surface area contributed by atoms with Gasteiger partial charge in [0.2, 0.25) is 5.91 Å². The molecule has 0 saturated carbocycles. The zero-order chi connectivity index (χ0) is 12.6. The first-order valence-electron chi connectivity index (χ1n) is 5.41. The molecule has 2 aliphatic rings. The number of fused-ring (bicyclic) bond motifs is 1. The molecule has 0 radical (unpaired) electrons. The van der Waals surface area contributed by atoms with E-state index in [1.807, 2.05) is 0 Å². The lowest BCUT2D eigenvalue weighted by molar-refractivity contribution is -0.156. The molecule has 6 nitrogen and oxygen atoms in total. The molecule has 2 heterocycles. The quantitative estimate of drug-likeness (QED) is 0.336. The number of thioether (sulfide) groups is 1. The standard InChI is InChI=1S/C10H14N2O4S/c1-5(11-16)2-3-6-9(10(14)15)12-7(13)4-8(12)17-6/h6,8-9,16H,2-4H2,1H3,(H,14,15). The van der Waals surface area contributed by atoms with E-state index in [0.717, 1.165) is 0 Å². The Hall–Kier alpha value is -1.24. The fourth-order valence-corrected chi connectivity index (χ4v) is 3.88. The maximum Gasteiger partial charge on any atom is 0.327 e. The van der Waals surface area contributed by atoms with Gasteiger partial charge in [0.1, 0.15) is 6.04 Å². The minimum atomic E-state index is -0.948. The van der Waals surface area contributed by atoms with Crippen LogP contribution in [0.1, 0.15) is 26.2 Å². The molecule has 7 heteroatoms. The first-order chi connectivity index (χ1) is 8.04. The number of hydrogen-bond acceptors (Lipinski definition) is 5. The Morgan fingerprint density at radius 1 is 1.65 bits per heavy atom. The second-order valence-electron chi connectivity index (χ2n) is 4.29. The van der Waals surface area contributed by atoms with Gasteiger partial charge in [0, 0.05) is 5.25 Å². The van der Waals surface area contributed by atoms with Crippen molar-refractivity contribution in [1.29, 1.82) is 0 Å². The summed E-state index contributed by atoms with van der Waals surface area (Å²) in [6.07, 6.45) is 1.60. The van der Waals surface area contributed by atoms with Crippen molar-refractivity contribution < 1.29 is 19.9 Å². The van der Waals surface area contributed by atoms with Crippen molar-refractivity contribution in [2.75, 3.05) is 0 Å². The van der Waals surface area contributed by atoms with Crippen molar-refractivity contribution in [3.05, 3.63) is 0 Å². The summed E-state index contributed by atoms with van der Waals surface area (Å²) in [7, 11) is 0. The number of amides is 1. The summed E-state index contributed by atoms with van der Waals surface area (Å²) in [5, 5.41) is 20.7. The van der Waals surface area contributed by atoms with Gasteiger partial charge in [-0.2, -0.15) is 0 Å². The fraction of sp³-hybridized carbons (Fsp3) is 0.700. The lowest BCUT2D eigenvalue weighted by Crippen LogP contribution is -2.55. The van der Waals surface area contributed by atoms with Gasteiger partial charge in [-0.3, -0.25) is 4.79 Å². The van der Waals surface area contributed by atoms with Gasteiger partial charge in [0.05, 0.1) is 17.5 Å². The molecule has 1 amide bonds. The number of carboxylic acids is 1. The zero-order valence-electron chi connectivity index (χ0n) is 9.37. The summed E-state index contributed by atoms with van der Waals surface area (Å²) in [6, 6.07) is -0.724. The molecular formula is C10H14N2O4S. The Morgan fingerprint density at radius 2 is 2.35 bits per heavy atom. The Labute approximate surface area is 103 Å². The third-order valence-corrected chi connectivity index (χ3v) is 4.70. The van der Waals surface area contributed by atoms with Crippen molar-refractivity contribution >= 4 is 29.4 Å². The smallest absolute Gasteiger partial charge is 0.327 e. The van der Waals surface area contributed by atoms with Gasteiger partial charge >= 0.3 is 5.97 Å². The molecule has 3 atom stereocenters. The molecule has 0 aromatic rings. The van der Waals surface area contributed by atoms with E-state index in [1.165, 1.54) is 4.90 Å². The van der Waals surface area contributed by atoms with Crippen molar-refractivity contribution in [3.8, 4) is 0 Å². The molecule has 0 aliphatic carbocycles. The fourth-order valence-electron chi connectivity index (χ4n) is 2.21. The first kappa shape index (κ1) is 12.2. The molecule has 2 fully saturated rings. The van der Waals surface area contributed by atoms with Gasteiger partial charge in [0.25, 0.3) is 0 Å². The summed E-state index contributed by atoms with van der Waals surface area (Å²) in [5.74, 6) is -1.03. The van der Waals surface area contributed by atoms with Gasteiger partial charge in [-0.15, -0.1) is 11.8 Å². The van der Waals surface area contributed by atoms with Crippen LogP contribution in [0, 0.1) is 0 Å². The van der Waals surface area contributed by atoms with Gasteiger partial charge in [-0.05, 0) is 19.8 Å². The molecule has 0 aromatic carbocycles. The molecule has 3 unspecified atom stereocenters. The summed E-state index contributed by atoms with van der Waals surface area (Å²) >= 11 is 1.54. The maximum absolute atomic E-state index is 11.4. The Balaban J connectivity index is 2.02. The van der Waals surface area contributed by atoms with E-state index in [0.29, 0.717) is 25.0 Å². The van der Waals surface area contributed by atoms with Gasteiger partial charge in [-0.25, -0.2) is 4.79 Å². The van der Waals surface area contributed by atoms with E-state index in [9.17, 15) is 9.59 Å². The third-order valence-electron chi connectivity index (χ3n) is 3.15. The number of carbonyl (C=O) groups excluding carboxylic acids is 1. The summed E-state index contributed by atoms with van der Waals surface area (Å²) in [5.41, 5.74) is 0.579. The Kier molecular flexibility index (Phi) is 3.28. The number of nitrogens with zero attached hydrogens (tertiary/aromatic N) is 2. The van der Waals surface area contributed by atoms with Crippen molar-refractivity contribution in [2.45, 2.75) is 42.9 Å². The topological polar surface area (TPSA) is 90.2 Å². The van der Waals surface area contributed by atoms with Crippen LogP contribution in [0.4, 0.5) is 0 Å². The number of hydrogen-bond donors (Lipinski definition) is 2. The molecular weight excluding hydrogens is 244 g/mol. The average molecular weight is 258 g/mol. The predicted molar refractivity (Wildman–Crippen MR) is 62.2 cm³/mol. The van der Waals surface area contributed by atoms with Crippen LogP contribution in [0.5, 0.6) is 0 Å². The second kappa shape index (κ2) is 4.56. The van der Waals surface area contributed by atoms with Crippen LogP contribution in [-0.2, 0) is 9.59 Å². The number of aliphatic carboxylic acids is 1. The van der Waals surface area contributed by atoms with Gasteiger partial charge in [-0.1, -0.05) is 5.16 Å². The minimum Gasteiger partial charge on any atom is -0.480 e. The third kappa shape index (κ3) is 2.11. The van der Waals surface area contributed by atoms with Crippen LogP contribution in [0.2, 0.25) is 0 Å². The maximum atomic E-state index is 11.4. The summed E-state index contributed by atoms with van der Waals surface area (Å²) in [4.78, 5) is 24.0. The van der Waals surface area contributed by atoms with Gasteiger partial charge in [0.15, 0.2) is 0 Å². The molecule has 0 aromatic heterocycles.